The summed E-state index contributed by atoms with van der Waals surface area (Å²) in [4.78, 5) is 2.50. The Labute approximate surface area is 132 Å². The van der Waals surface area contributed by atoms with Crippen molar-refractivity contribution in [3.8, 4) is 5.69 Å². The van der Waals surface area contributed by atoms with Crippen LogP contribution in [0.2, 0.25) is 0 Å². The third-order valence-corrected chi connectivity index (χ3v) is 4.28. The van der Waals surface area contributed by atoms with Gasteiger partial charge in [-0.15, -0.1) is 0 Å². The first-order valence-electron chi connectivity index (χ1n) is 8.14. The number of hydrogen-bond acceptors (Lipinski definition) is 3. The fourth-order valence-corrected chi connectivity index (χ4v) is 3.29. The van der Waals surface area contributed by atoms with E-state index in [1.165, 1.54) is 28.8 Å². The molecular formula is C18H25N3O. The van der Waals surface area contributed by atoms with E-state index in [0.717, 1.165) is 39.3 Å². The first-order valence-corrected chi connectivity index (χ1v) is 8.14. The van der Waals surface area contributed by atoms with Gasteiger partial charge in [0, 0.05) is 25.5 Å². The van der Waals surface area contributed by atoms with Crippen molar-refractivity contribution in [2.45, 2.75) is 26.7 Å². The largest absolute Gasteiger partial charge is 0.379 e. The molecule has 0 bridgehead atoms. The Morgan fingerprint density at radius 1 is 1.18 bits per heavy atom. The summed E-state index contributed by atoms with van der Waals surface area (Å²) in [5, 5.41) is 4.43. The molecule has 4 heteroatoms. The lowest BCUT2D eigenvalue weighted by Gasteiger charge is -2.26. The van der Waals surface area contributed by atoms with Gasteiger partial charge in [-0.2, -0.15) is 5.10 Å². The predicted octanol–water partition coefficient (Wildman–Crippen LogP) is 2.75. The van der Waals surface area contributed by atoms with Gasteiger partial charge in [-0.05, 0) is 50.4 Å². The number of aromatic nitrogens is 2. The highest BCUT2D eigenvalue weighted by atomic mass is 16.5. The second-order valence-corrected chi connectivity index (χ2v) is 6.10. The average Bonchev–Trinajstić information content (AvgIpc) is 3.01. The van der Waals surface area contributed by atoms with Crippen molar-refractivity contribution in [2.24, 2.45) is 0 Å². The highest BCUT2D eigenvalue weighted by Gasteiger charge is 2.12. The number of ether oxygens (including phenoxy) is 1. The molecular weight excluding hydrogens is 274 g/mol. The van der Waals surface area contributed by atoms with Crippen LogP contribution >= 0.6 is 0 Å². The minimum Gasteiger partial charge on any atom is -0.379 e. The number of hydrogen-bond donors (Lipinski definition) is 0. The van der Waals surface area contributed by atoms with E-state index in [4.69, 9.17) is 4.74 Å². The normalized spacial score (nSPS) is 16.1. The Hall–Kier alpha value is -1.65. The smallest absolute Gasteiger partial charge is 0.0706 e. The highest BCUT2D eigenvalue weighted by molar-refractivity contribution is 5.49. The molecule has 1 saturated heterocycles. The summed E-state index contributed by atoms with van der Waals surface area (Å²) < 4.78 is 7.41. The van der Waals surface area contributed by atoms with Gasteiger partial charge in [0.15, 0.2) is 0 Å². The molecule has 0 N–H and O–H groups in total. The van der Waals surface area contributed by atoms with Gasteiger partial charge in [0.1, 0.15) is 0 Å². The van der Waals surface area contributed by atoms with Gasteiger partial charge in [0.25, 0.3) is 0 Å². The van der Waals surface area contributed by atoms with Gasteiger partial charge >= 0.3 is 0 Å². The molecule has 0 unspecified atom stereocenters. The van der Waals surface area contributed by atoms with Crippen LogP contribution in [0.25, 0.3) is 5.69 Å². The SMILES string of the molecule is Cc1cc(C)c(-n2cccn2)c(CCCN2CCOCC2)c1. The molecule has 22 heavy (non-hydrogen) atoms. The molecule has 1 aromatic heterocycles. The van der Waals surface area contributed by atoms with Crippen LogP contribution < -0.4 is 0 Å². The highest BCUT2D eigenvalue weighted by Crippen LogP contribution is 2.22. The molecule has 118 valence electrons. The Kier molecular flexibility index (Phi) is 4.90. The van der Waals surface area contributed by atoms with Crippen molar-refractivity contribution in [3.63, 3.8) is 0 Å². The molecule has 1 aromatic carbocycles. The maximum absolute atomic E-state index is 5.41. The van der Waals surface area contributed by atoms with Gasteiger partial charge in [-0.25, -0.2) is 4.68 Å². The third-order valence-electron chi connectivity index (χ3n) is 4.28. The van der Waals surface area contributed by atoms with Crippen molar-refractivity contribution >= 4 is 0 Å². The van der Waals surface area contributed by atoms with Crippen molar-refractivity contribution in [1.29, 1.82) is 0 Å². The first kappa shape index (κ1) is 15.3. The van der Waals surface area contributed by atoms with Crippen LogP contribution in [0, 0.1) is 13.8 Å². The van der Waals surface area contributed by atoms with Gasteiger partial charge < -0.3 is 4.74 Å². The van der Waals surface area contributed by atoms with E-state index in [-0.39, 0.29) is 0 Å². The summed E-state index contributed by atoms with van der Waals surface area (Å²) in [6.07, 6.45) is 6.15. The van der Waals surface area contributed by atoms with E-state index < -0.39 is 0 Å². The standard InChI is InChI=1S/C18H25N3O/c1-15-13-16(2)18(21-8-4-6-19-21)17(14-15)5-3-7-20-9-11-22-12-10-20/h4,6,8,13-14H,3,5,7,9-12H2,1-2H3. The van der Waals surface area contributed by atoms with Crippen molar-refractivity contribution in [2.75, 3.05) is 32.8 Å². The van der Waals surface area contributed by atoms with Crippen LogP contribution in [0.4, 0.5) is 0 Å². The zero-order chi connectivity index (χ0) is 15.4. The van der Waals surface area contributed by atoms with Crippen LogP contribution in [0.15, 0.2) is 30.6 Å². The lowest BCUT2D eigenvalue weighted by Crippen LogP contribution is -2.37. The van der Waals surface area contributed by atoms with Crippen LogP contribution in [0.1, 0.15) is 23.1 Å². The Morgan fingerprint density at radius 2 is 2.00 bits per heavy atom. The second kappa shape index (κ2) is 7.07. The molecule has 0 spiro atoms. The number of aryl methyl sites for hydroxylation is 3. The Morgan fingerprint density at radius 3 is 2.73 bits per heavy atom. The van der Waals surface area contributed by atoms with Gasteiger partial charge in [-0.1, -0.05) is 17.7 Å². The minimum atomic E-state index is 0.877. The first-order chi connectivity index (χ1) is 10.7. The molecule has 2 heterocycles. The van der Waals surface area contributed by atoms with Gasteiger partial charge in [-0.3, -0.25) is 4.90 Å². The zero-order valence-electron chi connectivity index (χ0n) is 13.6. The monoisotopic (exact) mass is 299 g/mol. The van der Waals surface area contributed by atoms with Gasteiger partial charge in [0.2, 0.25) is 0 Å². The fraction of sp³-hybridized carbons (Fsp3) is 0.500. The number of morpholine rings is 1. The Bertz CT molecular complexity index is 601. The topological polar surface area (TPSA) is 30.3 Å². The van der Waals surface area contributed by atoms with Crippen LogP contribution in [-0.2, 0) is 11.2 Å². The summed E-state index contributed by atoms with van der Waals surface area (Å²) in [6, 6.07) is 6.53. The molecule has 1 aliphatic heterocycles. The molecule has 4 nitrogen and oxygen atoms in total. The van der Waals surface area contributed by atoms with E-state index in [9.17, 15) is 0 Å². The molecule has 1 aliphatic rings. The van der Waals surface area contributed by atoms with E-state index in [1.807, 2.05) is 23.1 Å². The van der Waals surface area contributed by atoms with Crippen molar-refractivity contribution < 1.29 is 4.74 Å². The molecule has 0 amide bonds. The quantitative estimate of drug-likeness (QED) is 0.850. The zero-order valence-corrected chi connectivity index (χ0v) is 13.6. The second-order valence-electron chi connectivity index (χ2n) is 6.10. The molecule has 0 aliphatic carbocycles. The third kappa shape index (κ3) is 3.57. The molecule has 3 rings (SSSR count). The van der Waals surface area contributed by atoms with Gasteiger partial charge in [0.05, 0.1) is 18.9 Å². The molecule has 0 saturated carbocycles. The summed E-state index contributed by atoms with van der Waals surface area (Å²) >= 11 is 0. The fourth-order valence-electron chi connectivity index (χ4n) is 3.29. The van der Waals surface area contributed by atoms with Crippen LogP contribution in [0.5, 0.6) is 0 Å². The lowest BCUT2D eigenvalue weighted by molar-refractivity contribution is 0.0374. The number of rotatable bonds is 5. The number of nitrogens with zero attached hydrogens (tertiary/aromatic N) is 3. The van der Waals surface area contributed by atoms with Crippen LogP contribution in [0.3, 0.4) is 0 Å². The summed E-state index contributed by atoms with van der Waals surface area (Å²) in [5.41, 5.74) is 5.27. The number of benzene rings is 1. The lowest BCUT2D eigenvalue weighted by atomic mass is 10.00. The molecule has 2 aromatic rings. The van der Waals surface area contributed by atoms with E-state index >= 15 is 0 Å². The van der Waals surface area contributed by atoms with E-state index in [2.05, 4.69) is 36.0 Å². The molecule has 0 atom stereocenters. The van der Waals surface area contributed by atoms with Crippen molar-refractivity contribution in [1.82, 2.24) is 14.7 Å². The van der Waals surface area contributed by atoms with E-state index in [1.54, 1.807) is 0 Å². The molecule has 1 fully saturated rings. The van der Waals surface area contributed by atoms with E-state index in [0.29, 0.717) is 0 Å². The average molecular weight is 299 g/mol. The summed E-state index contributed by atoms with van der Waals surface area (Å²) in [6.45, 7) is 9.39. The minimum absolute atomic E-state index is 0.877. The summed E-state index contributed by atoms with van der Waals surface area (Å²) in [7, 11) is 0. The van der Waals surface area contributed by atoms with Crippen LogP contribution in [-0.4, -0.2) is 47.5 Å². The molecule has 0 radical (unpaired) electrons. The maximum Gasteiger partial charge on any atom is 0.0706 e. The summed E-state index contributed by atoms with van der Waals surface area (Å²) in [5.74, 6) is 0. The maximum atomic E-state index is 5.41. The van der Waals surface area contributed by atoms with Crippen molar-refractivity contribution in [3.05, 3.63) is 47.3 Å². The predicted molar refractivity (Wildman–Crippen MR) is 88.6 cm³/mol. The Balaban J connectivity index is 1.72.